The Morgan fingerprint density at radius 3 is 2.32 bits per heavy atom. The van der Waals surface area contributed by atoms with Crippen molar-refractivity contribution in [3.05, 3.63) is 71.5 Å². The number of urea groups is 1. The Kier molecular flexibility index (Phi) is 6.65. The van der Waals surface area contributed by atoms with Crippen LogP contribution in [-0.4, -0.2) is 18.5 Å². The normalized spacial score (nSPS) is 12.9. The number of carbonyl (C=O) groups excluding carboxylic acids is 2. The molecular formula is C19H22FN3O2. The van der Waals surface area contributed by atoms with Gasteiger partial charge >= 0.3 is 6.03 Å². The van der Waals surface area contributed by atoms with Crippen LogP contribution in [0, 0.1) is 5.82 Å². The maximum absolute atomic E-state index is 14.0. The Bertz CT molecular complexity index is 722. The molecule has 25 heavy (non-hydrogen) atoms. The number of nitrogens with one attached hydrogen (secondary N) is 3. The number of imide groups is 1. The summed E-state index contributed by atoms with van der Waals surface area (Å²) in [7, 11) is 0. The van der Waals surface area contributed by atoms with Crippen LogP contribution in [0.15, 0.2) is 54.6 Å². The van der Waals surface area contributed by atoms with Gasteiger partial charge in [0.1, 0.15) is 11.9 Å². The molecule has 5 nitrogen and oxygen atoms in total. The van der Waals surface area contributed by atoms with Gasteiger partial charge in [-0.3, -0.25) is 15.4 Å². The minimum atomic E-state index is -0.793. The van der Waals surface area contributed by atoms with Gasteiger partial charge in [-0.05, 0) is 25.5 Å². The fourth-order valence-electron chi connectivity index (χ4n) is 2.52. The SMILES string of the molecule is CCNC(=O)NC(=O)C(NC(C)c1ccccc1F)c1ccccc1. The maximum atomic E-state index is 14.0. The van der Waals surface area contributed by atoms with Gasteiger partial charge in [0, 0.05) is 18.2 Å². The molecule has 132 valence electrons. The third-order valence-electron chi connectivity index (χ3n) is 3.76. The van der Waals surface area contributed by atoms with Crippen molar-refractivity contribution in [3.8, 4) is 0 Å². The number of hydrogen-bond donors (Lipinski definition) is 3. The summed E-state index contributed by atoms with van der Waals surface area (Å²) in [6.07, 6.45) is 0. The summed E-state index contributed by atoms with van der Waals surface area (Å²) in [6, 6.07) is 13.6. The first-order valence-corrected chi connectivity index (χ1v) is 8.17. The van der Waals surface area contributed by atoms with E-state index in [1.807, 2.05) is 6.07 Å². The summed E-state index contributed by atoms with van der Waals surface area (Å²) in [5.74, 6) is -0.848. The van der Waals surface area contributed by atoms with E-state index in [1.165, 1.54) is 6.07 Å². The first kappa shape index (κ1) is 18.6. The highest BCUT2D eigenvalue weighted by Crippen LogP contribution is 2.22. The molecule has 2 aromatic carbocycles. The Morgan fingerprint density at radius 1 is 1.04 bits per heavy atom. The van der Waals surface area contributed by atoms with Gasteiger partial charge in [0.15, 0.2) is 0 Å². The molecule has 0 radical (unpaired) electrons. The number of rotatable bonds is 6. The third-order valence-corrected chi connectivity index (χ3v) is 3.76. The van der Waals surface area contributed by atoms with Crippen LogP contribution in [0.4, 0.5) is 9.18 Å². The van der Waals surface area contributed by atoms with Gasteiger partial charge in [-0.15, -0.1) is 0 Å². The van der Waals surface area contributed by atoms with Crippen molar-refractivity contribution < 1.29 is 14.0 Å². The van der Waals surface area contributed by atoms with Crippen LogP contribution in [0.25, 0.3) is 0 Å². The molecule has 2 unspecified atom stereocenters. The summed E-state index contributed by atoms with van der Waals surface area (Å²) in [6.45, 7) is 3.94. The molecule has 3 amide bonds. The molecule has 2 aromatic rings. The van der Waals surface area contributed by atoms with Crippen molar-refractivity contribution in [2.24, 2.45) is 0 Å². The van der Waals surface area contributed by atoms with Crippen molar-refractivity contribution in [2.45, 2.75) is 25.9 Å². The molecule has 0 saturated heterocycles. The van der Waals surface area contributed by atoms with E-state index in [0.29, 0.717) is 17.7 Å². The first-order chi connectivity index (χ1) is 12.0. The average molecular weight is 343 g/mol. The first-order valence-electron chi connectivity index (χ1n) is 8.17. The number of hydrogen-bond acceptors (Lipinski definition) is 3. The predicted octanol–water partition coefficient (Wildman–Crippen LogP) is 3.06. The smallest absolute Gasteiger partial charge is 0.321 e. The minimum Gasteiger partial charge on any atom is -0.338 e. The maximum Gasteiger partial charge on any atom is 0.321 e. The van der Waals surface area contributed by atoms with E-state index < -0.39 is 24.0 Å². The highest BCUT2D eigenvalue weighted by atomic mass is 19.1. The van der Waals surface area contributed by atoms with Crippen molar-refractivity contribution in [3.63, 3.8) is 0 Å². The fraction of sp³-hybridized carbons (Fsp3) is 0.263. The zero-order valence-corrected chi connectivity index (χ0v) is 14.3. The second-order valence-corrected chi connectivity index (χ2v) is 5.60. The molecule has 0 aliphatic rings. The van der Waals surface area contributed by atoms with E-state index in [9.17, 15) is 14.0 Å². The molecule has 3 N–H and O–H groups in total. The van der Waals surface area contributed by atoms with Gasteiger partial charge in [-0.1, -0.05) is 48.5 Å². The van der Waals surface area contributed by atoms with Crippen LogP contribution < -0.4 is 16.0 Å². The summed E-state index contributed by atoms with van der Waals surface area (Å²) in [5.41, 5.74) is 1.14. The highest BCUT2D eigenvalue weighted by Gasteiger charge is 2.25. The third kappa shape index (κ3) is 5.12. The van der Waals surface area contributed by atoms with Gasteiger partial charge in [0.05, 0.1) is 0 Å². The molecule has 0 aliphatic heterocycles. The van der Waals surface area contributed by atoms with E-state index in [-0.39, 0.29) is 5.82 Å². The molecule has 0 heterocycles. The van der Waals surface area contributed by atoms with Gasteiger partial charge < -0.3 is 5.32 Å². The number of amides is 3. The van der Waals surface area contributed by atoms with Crippen LogP contribution >= 0.6 is 0 Å². The van der Waals surface area contributed by atoms with Crippen molar-refractivity contribution >= 4 is 11.9 Å². The van der Waals surface area contributed by atoms with Crippen LogP contribution in [0.1, 0.15) is 37.1 Å². The lowest BCUT2D eigenvalue weighted by molar-refractivity contribution is -0.122. The summed E-state index contributed by atoms with van der Waals surface area (Å²) in [5, 5.41) is 7.93. The van der Waals surface area contributed by atoms with Crippen LogP contribution in [0.5, 0.6) is 0 Å². The topological polar surface area (TPSA) is 70.2 Å². The predicted molar refractivity (Wildman–Crippen MR) is 94.3 cm³/mol. The Labute approximate surface area is 146 Å². The van der Waals surface area contributed by atoms with Gasteiger partial charge in [0.25, 0.3) is 0 Å². The average Bonchev–Trinajstić information content (AvgIpc) is 2.60. The molecule has 0 bridgehead atoms. The summed E-state index contributed by atoms with van der Waals surface area (Å²) in [4.78, 5) is 24.2. The van der Waals surface area contributed by atoms with E-state index in [1.54, 1.807) is 56.3 Å². The monoisotopic (exact) mass is 343 g/mol. The quantitative estimate of drug-likeness (QED) is 0.755. The van der Waals surface area contributed by atoms with E-state index >= 15 is 0 Å². The molecule has 0 spiro atoms. The molecule has 0 fully saturated rings. The van der Waals surface area contributed by atoms with Crippen molar-refractivity contribution in [1.29, 1.82) is 0 Å². The van der Waals surface area contributed by atoms with Crippen molar-refractivity contribution in [1.82, 2.24) is 16.0 Å². The van der Waals surface area contributed by atoms with Gasteiger partial charge in [-0.25, -0.2) is 9.18 Å². The second kappa shape index (κ2) is 8.94. The van der Waals surface area contributed by atoms with E-state index in [2.05, 4.69) is 16.0 Å². The molecular weight excluding hydrogens is 321 g/mol. The Morgan fingerprint density at radius 2 is 1.68 bits per heavy atom. The molecule has 0 saturated carbocycles. The van der Waals surface area contributed by atoms with Crippen molar-refractivity contribution in [2.75, 3.05) is 6.54 Å². The zero-order chi connectivity index (χ0) is 18.2. The lowest BCUT2D eigenvalue weighted by Crippen LogP contribution is -2.45. The standard InChI is InChI=1S/C19H22FN3O2/c1-3-21-19(25)23-18(24)17(14-9-5-4-6-10-14)22-13(2)15-11-7-8-12-16(15)20/h4-13,17,22H,3H2,1-2H3,(H2,21,23,24,25). The fourth-order valence-corrected chi connectivity index (χ4v) is 2.52. The number of benzene rings is 2. The largest absolute Gasteiger partial charge is 0.338 e. The zero-order valence-electron chi connectivity index (χ0n) is 14.3. The Balaban J connectivity index is 2.22. The second-order valence-electron chi connectivity index (χ2n) is 5.60. The van der Waals surface area contributed by atoms with Crippen LogP contribution in [0.2, 0.25) is 0 Å². The molecule has 0 aromatic heterocycles. The number of carbonyl (C=O) groups is 2. The van der Waals surface area contributed by atoms with E-state index in [4.69, 9.17) is 0 Å². The molecule has 2 atom stereocenters. The molecule has 6 heteroatoms. The minimum absolute atomic E-state index is 0.349. The van der Waals surface area contributed by atoms with Crippen LogP contribution in [-0.2, 0) is 4.79 Å². The molecule has 0 aliphatic carbocycles. The Hall–Kier alpha value is -2.73. The number of halogens is 1. The highest BCUT2D eigenvalue weighted by molar-refractivity contribution is 5.97. The van der Waals surface area contributed by atoms with Crippen LogP contribution in [0.3, 0.4) is 0 Å². The summed E-state index contributed by atoms with van der Waals surface area (Å²) < 4.78 is 14.0. The van der Waals surface area contributed by atoms with Gasteiger partial charge in [0.2, 0.25) is 5.91 Å². The van der Waals surface area contributed by atoms with E-state index in [0.717, 1.165) is 0 Å². The summed E-state index contributed by atoms with van der Waals surface area (Å²) >= 11 is 0. The lowest BCUT2D eigenvalue weighted by atomic mass is 10.0. The van der Waals surface area contributed by atoms with Gasteiger partial charge in [-0.2, -0.15) is 0 Å². The molecule has 2 rings (SSSR count). The lowest BCUT2D eigenvalue weighted by Gasteiger charge is -2.23.